The fourth-order valence-corrected chi connectivity index (χ4v) is 4.54. The van der Waals surface area contributed by atoms with Gasteiger partial charge < -0.3 is 28.8 Å². The Balaban J connectivity index is 1.70. The number of pyridine rings is 2. The molecule has 0 spiro atoms. The molecule has 4 heterocycles. The molecule has 4 rings (SSSR count). The lowest BCUT2D eigenvalue weighted by Crippen LogP contribution is -2.33. The Kier molecular flexibility index (Phi) is 6.20. The average Bonchev–Trinajstić information content (AvgIpc) is 3.41. The van der Waals surface area contributed by atoms with Crippen LogP contribution in [0, 0.1) is 13.8 Å². The summed E-state index contributed by atoms with van der Waals surface area (Å²) in [4.78, 5) is 26.4. The van der Waals surface area contributed by atoms with Crippen molar-refractivity contribution in [1.29, 1.82) is 0 Å². The van der Waals surface area contributed by atoms with Gasteiger partial charge in [-0.15, -0.1) is 0 Å². The molecule has 2 fully saturated rings. The first-order chi connectivity index (χ1) is 14.8. The number of nitrogens with zero attached hydrogens (tertiary/aromatic N) is 2. The molecule has 0 aliphatic carbocycles. The molecule has 0 aromatic carbocycles. The molecule has 0 bridgehead atoms. The van der Waals surface area contributed by atoms with Gasteiger partial charge in [0.25, 0.3) is 11.1 Å². The molecule has 2 aliphatic rings. The van der Waals surface area contributed by atoms with Crippen LogP contribution in [0.4, 0.5) is 0 Å². The maximum absolute atomic E-state index is 13.2. The first-order valence-corrected chi connectivity index (χ1v) is 10.9. The normalized spacial score (nSPS) is 21.1. The Morgan fingerprint density at radius 3 is 1.61 bits per heavy atom. The molecule has 2 aliphatic heterocycles. The van der Waals surface area contributed by atoms with E-state index in [1.54, 1.807) is 23.0 Å². The molecule has 2 N–H and O–H groups in total. The summed E-state index contributed by atoms with van der Waals surface area (Å²) in [5, 5.41) is 21.0. The minimum Gasteiger partial charge on any atom is -0.507 e. The molecule has 0 unspecified atom stereocenters. The Morgan fingerprint density at radius 1 is 0.839 bits per heavy atom. The minimum atomic E-state index is -0.363. The predicted octanol–water partition coefficient (Wildman–Crippen LogP) is 1.99. The lowest BCUT2D eigenvalue weighted by Gasteiger charge is -2.19. The molecule has 8 nitrogen and oxygen atoms in total. The monoisotopic (exact) mass is 430 g/mol. The summed E-state index contributed by atoms with van der Waals surface area (Å²) in [6.07, 6.45) is 3.47. The van der Waals surface area contributed by atoms with Crippen LogP contribution in [0.1, 0.15) is 48.2 Å². The summed E-state index contributed by atoms with van der Waals surface area (Å²) in [6, 6.07) is 3.06. The van der Waals surface area contributed by atoms with Crippen LogP contribution in [-0.4, -0.2) is 44.8 Å². The highest BCUT2D eigenvalue weighted by molar-refractivity contribution is 5.41. The lowest BCUT2D eigenvalue weighted by atomic mass is 10.0. The summed E-state index contributed by atoms with van der Waals surface area (Å²) in [5.74, 6) is -0.340. The number of hydrogen-bond donors (Lipinski definition) is 2. The van der Waals surface area contributed by atoms with Crippen molar-refractivity contribution in [1.82, 2.24) is 9.13 Å². The largest absolute Gasteiger partial charge is 0.507 e. The molecular weight excluding hydrogens is 400 g/mol. The van der Waals surface area contributed by atoms with E-state index in [1.165, 1.54) is 12.1 Å². The van der Waals surface area contributed by atoms with E-state index in [1.807, 2.05) is 0 Å². The average molecular weight is 431 g/mol. The Labute approximate surface area is 180 Å². The Hall–Kier alpha value is -2.58. The molecule has 0 radical (unpaired) electrons. The highest BCUT2D eigenvalue weighted by atomic mass is 16.5. The van der Waals surface area contributed by atoms with Gasteiger partial charge in [-0.05, 0) is 51.7 Å². The molecule has 2 aromatic rings. The summed E-state index contributed by atoms with van der Waals surface area (Å²) >= 11 is 0. The van der Waals surface area contributed by atoms with Crippen LogP contribution in [0.25, 0.3) is 0 Å². The molecule has 2 aromatic heterocycles. The van der Waals surface area contributed by atoms with E-state index >= 15 is 0 Å². The number of aromatic nitrogens is 2. The van der Waals surface area contributed by atoms with Crippen molar-refractivity contribution in [2.45, 2.75) is 71.2 Å². The second-order valence-corrected chi connectivity index (χ2v) is 8.58. The second-order valence-electron chi connectivity index (χ2n) is 8.58. The van der Waals surface area contributed by atoms with Gasteiger partial charge in [0, 0.05) is 31.0 Å². The predicted molar refractivity (Wildman–Crippen MR) is 115 cm³/mol. The van der Waals surface area contributed by atoms with E-state index in [9.17, 15) is 19.8 Å². The van der Waals surface area contributed by atoms with Crippen LogP contribution in [0.2, 0.25) is 0 Å². The SMILES string of the molecule is Cc1cc(O)c(Cc2c(O)cc(C)n(C[C@@H]3CCCO3)c2=O)c(=O)n1C[C@H]1CCCO1. The first kappa shape index (κ1) is 21.6. The van der Waals surface area contributed by atoms with Crippen molar-refractivity contribution in [2.24, 2.45) is 0 Å². The molecular formula is C23H30N2O6. The van der Waals surface area contributed by atoms with E-state index < -0.39 is 0 Å². The number of ether oxygens (including phenoxy) is 2. The molecule has 168 valence electrons. The van der Waals surface area contributed by atoms with Gasteiger partial charge in [0.05, 0.1) is 36.4 Å². The van der Waals surface area contributed by atoms with Crippen molar-refractivity contribution in [3.8, 4) is 11.5 Å². The minimum absolute atomic E-state index is 0.0368. The van der Waals surface area contributed by atoms with Crippen molar-refractivity contribution in [3.05, 3.63) is 55.4 Å². The van der Waals surface area contributed by atoms with Crippen molar-refractivity contribution < 1.29 is 19.7 Å². The standard InChI is InChI=1S/C23H30N2O6/c1-14-9-20(26)18(22(28)24(14)12-16-5-3-7-30-16)11-19-21(27)10-15(2)25(23(19)29)13-17-6-4-8-31-17/h9-10,16-17,26-27H,3-8,11-13H2,1-2H3/t16-,17+. The zero-order valence-electron chi connectivity index (χ0n) is 18.1. The van der Waals surface area contributed by atoms with Gasteiger partial charge in [-0.2, -0.15) is 0 Å². The quantitative estimate of drug-likeness (QED) is 0.727. The van der Waals surface area contributed by atoms with Crippen LogP contribution < -0.4 is 11.1 Å². The molecule has 0 saturated carbocycles. The van der Waals surface area contributed by atoms with Gasteiger partial charge in [0.15, 0.2) is 0 Å². The van der Waals surface area contributed by atoms with Gasteiger partial charge >= 0.3 is 0 Å². The van der Waals surface area contributed by atoms with E-state index in [2.05, 4.69) is 0 Å². The lowest BCUT2D eigenvalue weighted by molar-refractivity contribution is 0.0955. The molecule has 2 saturated heterocycles. The summed E-state index contributed by atoms with van der Waals surface area (Å²) in [7, 11) is 0. The van der Waals surface area contributed by atoms with Crippen molar-refractivity contribution in [2.75, 3.05) is 13.2 Å². The van der Waals surface area contributed by atoms with E-state index in [0.29, 0.717) is 37.7 Å². The topological polar surface area (TPSA) is 103 Å². The molecule has 31 heavy (non-hydrogen) atoms. The van der Waals surface area contributed by atoms with Crippen molar-refractivity contribution >= 4 is 0 Å². The fraction of sp³-hybridized carbons (Fsp3) is 0.565. The van der Waals surface area contributed by atoms with Crippen LogP contribution in [-0.2, 0) is 29.0 Å². The molecule has 0 amide bonds. The summed E-state index contributed by atoms with van der Waals surface area (Å²) in [5.41, 5.74) is 0.736. The van der Waals surface area contributed by atoms with Crippen LogP contribution in [0.15, 0.2) is 21.7 Å². The zero-order valence-corrected chi connectivity index (χ0v) is 18.1. The van der Waals surface area contributed by atoms with Gasteiger partial charge in [0.1, 0.15) is 11.5 Å². The Morgan fingerprint density at radius 2 is 1.26 bits per heavy atom. The maximum atomic E-state index is 13.2. The van der Waals surface area contributed by atoms with Crippen molar-refractivity contribution in [3.63, 3.8) is 0 Å². The van der Waals surface area contributed by atoms with Gasteiger partial charge in [0.2, 0.25) is 0 Å². The highest BCUT2D eigenvalue weighted by Gasteiger charge is 2.23. The van der Waals surface area contributed by atoms with Crippen LogP contribution in [0.5, 0.6) is 11.5 Å². The molecule has 8 heteroatoms. The highest BCUT2D eigenvalue weighted by Crippen LogP contribution is 2.24. The third-order valence-corrected chi connectivity index (χ3v) is 6.34. The number of aryl methyl sites for hydroxylation is 2. The summed E-state index contributed by atoms with van der Waals surface area (Å²) < 4.78 is 14.5. The number of aromatic hydroxyl groups is 2. The fourth-order valence-electron chi connectivity index (χ4n) is 4.54. The third kappa shape index (κ3) is 4.41. The maximum Gasteiger partial charge on any atom is 0.258 e. The second kappa shape index (κ2) is 8.88. The van der Waals surface area contributed by atoms with Crippen LogP contribution >= 0.6 is 0 Å². The Bertz CT molecular complexity index is 989. The van der Waals surface area contributed by atoms with Gasteiger partial charge in [-0.25, -0.2) is 0 Å². The van der Waals surface area contributed by atoms with Gasteiger partial charge in [-0.3, -0.25) is 9.59 Å². The molecule has 2 atom stereocenters. The smallest absolute Gasteiger partial charge is 0.258 e. The zero-order chi connectivity index (χ0) is 22.1. The first-order valence-electron chi connectivity index (χ1n) is 10.9. The van der Waals surface area contributed by atoms with Crippen LogP contribution in [0.3, 0.4) is 0 Å². The number of rotatable bonds is 6. The van der Waals surface area contributed by atoms with Gasteiger partial charge in [-0.1, -0.05) is 0 Å². The van der Waals surface area contributed by atoms with E-state index in [-0.39, 0.29) is 52.4 Å². The number of hydrogen-bond acceptors (Lipinski definition) is 6. The van der Waals surface area contributed by atoms with E-state index in [4.69, 9.17) is 9.47 Å². The van der Waals surface area contributed by atoms with E-state index in [0.717, 1.165) is 25.7 Å². The summed E-state index contributed by atoms with van der Waals surface area (Å²) in [6.45, 7) is 5.70. The third-order valence-electron chi connectivity index (χ3n) is 6.34.